The zero-order valence-corrected chi connectivity index (χ0v) is 12.7. The molecular formula is C15H14BrN3O. The Morgan fingerprint density at radius 2 is 2.15 bits per heavy atom. The van der Waals surface area contributed by atoms with Gasteiger partial charge < -0.3 is 4.90 Å². The van der Waals surface area contributed by atoms with Gasteiger partial charge in [0.05, 0.1) is 11.3 Å². The van der Waals surface area contributed by atoms with Gasteiger partial charge in [-0.3, -0.25) is 4.79 Å². The first-order chi connectivity index (χ1) is 9.65. The second-order valence-corrected chi connectivity index (χ2v) is 5.70. The third-order valence-corrected chi connectivity index (χ3v) is 4.14. The van der Waals surface area contributed by atoms with Crippen LogP contribution in [0.5, 0.6) is 0 Å². The number of amides is 1. The van der Waals surface area contributed by atoms with Crippen LogP contribution in [0.2, 0.25) is 0 Å². The molecule has 0 bridgehead atoms. The van der Waals surface area contributed by atoms with Gasteiger partial charge in [-0.25, -0.2) is 9.97 Å². The first kappa shape index (κ1) is 13.2. The minimum atomic E-state index is 0.0451. The lowest BCUT2D eigenvalue weighted by Crippen LogP contribution is -2.36. The highest BCUT2D eigenvalue weighted by atomic mass is 79.9. The average Bonchev–Trinajstić information content (AvgIpc) is 2.46. The molecule has 1 aromatic heterocycles. The minimum absolute atomic E-state index is 0.0451. The minimum Gasteiger partial charge on any atom is -0.334 e. The molecule has 0 saturated carbocycles. The van der Waals surface area contributed by atoms with Crippen LogP contribution in [0.4, 0.5) is 0 Å². The van der Waals surface area contributed by atoms with Crippen LogP contribution in [0.3, 0.4) is 0 Å². The van der Waals surface area contributed by atoms with Crippen LogP contribution >= 0.6 is 15.9 Å². The van der Waals surface area contributed by atoms with Crippen molar-refractivity contribution in [2.45, 2.75) is 19.9 Å². The molecule has 102 valence electrons. The number of rotatable bonds is 1. The molecule has 1 aliphatic rings. The normalized spacial score (nSPS) is 14.0. The fraction of sp³-hybridized carbons (Fsp3) is 0.267. The van der Waals surface area contributed by atoms with Gasteiger partial charge in [-0.15, -0.1) is 0 Å². The SMILES string of the molecule is Cc1ncc2c(n1)CCN(C(=O)c1ccccc1Br)C2. The second kappa shape index (κ2) is 5.32. The molecule has 2 heterocycles. The predicted octanol–water partition coefficient (Wildman–Crippen LogP) is 2.75. The number of nitrogens with zero attached hydrogens (tertiary/aromatic N) is 3. The summed E-state index contributed by atoms with van der Waals surface area (Å²) >= 11 is 3.43. The molecular weight excluding hydrogens is 318 g/mol. The number of fused-ring (bicyclic) bond motifs is 1. The van der Waals surface area contributed by atoms with Crippen molar-refractivity contribution in [2.24, 2.45) is 0 Å². The Labute approximate surface area is 126 Å². The summed E-state index contributed by atoms with van der Waals surface area (Å²) in [7, 11) is 0. The number of halogens is 1. The number of carbonyl (C=O) groups excluding carboxylic acids is 1. The topological polar surface area (TPSA) is 46.1 Å². The lowest BCUT2D eigenvalue weighted by Gasteiger charge is -2.28. The number of benzene rings is 1. The Balaban J connectivity index is 1.85. The zero-order chi connectivity index (χ0) is 14.1. The van der Waals surface area contributed by atoms with E-state index in [1.54, 1.807) is 0 Å². The van der Waals surface area contributed by atoms with Crippen molar-refractivity contribution in [3.8, 4) is 0 Å². The molecule has 2 aromatic rings. The maximum Gasteiger partial charge on any atom is 0.255 e. The van der Waals surface area contributed by atoms with E-state index in [2.05, 4.69) is 25.9 Å². The molecule has 0 fully saturated rings. The molecule has 0 spiro atoms. The summed E-state index contributed by atoms with van der Waals surface area (Å²) < 4.78 is 0.830. The molecule has 0 radical (unpaired) electrons. The number of aromatic nitrogens is 2. The van der Waals surface area contributed by atoms with Crippen molar-refractivity contribution in [1.82, 2.24) is 14.9 Å². The van der Waals surface area contributed by atoms with Crippen molar-refractivity contribution < 1.29 is 4.79 Å². The molecule has 3 rings (SSSR count). The van der Waals surface area contributed by atoms with Crippen LogP contribution in [-0.4, -0.2) is 27.3 Å². The number of aryl methyl sites for hydroxylation is 1. The van der Waals surface area contributed by atoms with Crippen LogP contribution in [0, 0.1) is 6.92 Å². The zero-order valence-electron chi connectivity index (χ0n) is 11.1. The Morgan fingerprint density at radius 1 is 1.35 bits per heavy atom. The summed E-state index contributed by atoms with van der Waals surface area (Å²) in [5.41, 5.74) is 2.81. The maximum absolute atomic E-state index is 12.6. The predicted molar refractivity (Wildman–Crippen MR) is 79.4 cm³/mol. The van der Waals surface area contributed by atoms with E-state index < -0.39 is 0 Å². The largest absolute Gasteiger partial charge is 0.334 e. The molecule has 0 unspecified atom stereocenters. The van der Waals surface area contributed by atoms with Crippen LogP contribution in [0.15, 0.2) is 34.9 Å². The summed E-state index contributed by atoms with van der Waals surface area (Å²) in [4.78, 5) is 23.1. The fourth-order valence-corrected chi connectivity index (χ4v) is 2.85. The van der Waals surface area contributed by atoms with Crippen molar-refractivity contribution in [3.05, 3.63) is 57.6 Å². The second-order valence-electron chi connectivity index (χ2n) is 4.85. The molecule has 20 heavy (non-hydrogen) atoms. The summed E-state index contributed by atoms with van der Waals surface area (Å²) in [5.74, 6) is 0.832. The molecule has 0 saturated heterocycles. The Kier molecular flexibility index (Phi) is 3.53. The highest BCUT2D eigenvalue weighted by molar-refractivity contribution is 9.10. The summed E-state index contributed by atoms with van der Waals surface area (Å²) in [6.07, 6.45) is 2.62. The van der Waals surface area contributed by atoms with E-state index in [1.165, 1.54) is 0 Å². The Hall–Kier alpha value is -1.75. The highest BCUT2D eigenvalue weighted by Gasteiger charge is 2.23. The third-order valence-electron chi connectivity index (χ3n) is 3.45. The first-order valence-electron chi connectivity index (χ1n) is 6.50. The van der Waals surface area contributed by atoms with Crippen molar-refractivity contribution in [3.63, 3.8) is 0 Å². The van der Waals surface area contributed by atoms with E-state index in [0.29, 0.717) is 18.7 Å². The third kappa shape index (κ3) is 2.45. The smallest absolute Gasteiger partial charge is 0.255 e. The lowest BCUT2D eigenvalue weighted by molar-refractivity contribution is 0.0732. The molecule has 1 aromatic carbocycles. The quantitative estimate of drug-likeness (QED) is 0.807. The van der Waals surface area contributed by atoms with E-state index in [0.717, 1.165) is 28.0 Å². The fourth-order valence-electron chi connectivity index (χ4n) is 2.39. The molecule has 4 nitrogen and oxygen atoms in total. The summed E-state index contributed by atoms with van der Waals surface area (Å²) in [6, 6.07) is 7.51. The average molecular weight is 332 g/mol. The van der Waals surface area contributed by atoms with E-state index >= 15 is 0 Å². The van der Waals surface area contributed by atoms with E-state index in [-0.39, 0.29) is 5.91 Å². The van der Waals surface area contributed by atoms with Gasteiger partial charge in [-0.2, -0.15) is 0 Å². The lowest BCUT2D eigenvalue weighted by atomic mass is 10.1. The van der Waals surface area contributed by atoms with Gasteiger partial charge in [-0.05, 0) is 35.0 Å². The maximum atomic E-state index is 12.6. The monoisotopic (exact) mass is 331 g/mol. The summed E-state index contributed by atoms with van der Waals surface area (Å²) in [6.45, 7) is 3.16. The summed E-state index contributed by atoms with van der Waals surface area (Å²) in [5, 5.41) is 0. The van der Waals surface area contributed by atoms with Crippen LogP contribution in [0.25, 0.3) is 0 Å². The molecule has 5 heteroatoms. The molecule has 1 amide bonds. The molecule has 0 aliphatic carbocycles. The number of hydrogen-bond donors (Lipinski definition) is 0. The van der Waals surface area contributed by atoms with Crippen molar-refractivity contribution in [1.29, 1.82) is 0 Å². The number of hydrogen-bond acceptors (Lipinski definition) is 3. The number of carbonyl (C=O) groups is 1. The van der Waals surface area contributed by atoms with Gasteiger partial charge in [0.25, 0.3) is 5.91 Å². The van der Waals surface area contributed by atoms with E-state index in [4.69, 9.17) is 0 Å². The standard InChI is InChI=1S/C15H14BrN3O/c1-10-17-8-11-9-19(7-6-14(11)18-10)15(20)12-4-2-3-5-13(12)16/h2-5,8H,6-7,9H2,1H3. The van der Waals surface area contributed by atoms with Gasteiger partial charge in [0.2, 0.25) is 0 Å². The highest BCUT2D eigenvalue weighted by Crippen LogP contribution is 2.22. The van der Waals surface area contributed by atoms with Gasteiger partial charge in [0, 0.05) is 35.7 Å². The van der Waals surface area contributed by atoms with Gasteiger partial charge in [0.1, 0.15) is 5.82 Å². The van der Waals surface area contributed by atoms with Crippen LogP contribution < -0.4 is 0 Å². The van der Waals surface area contributed by atoms with Gasteiger partial charge >= 0.3 is 0 Å². The van der Waals surface area contributed by atoms with E-state index in [9.17, 15) is 4.79 Å². The van der Waals surface area contributed by atoms with Gasteiger partial charge in [-0.1, -0.05) is 12.1 Å². The van der Waals surface area contributed by atoms with Crippen molar-refractivity contribution in [2.75, 3.05) is 6.54 Å². The van der Waals surface area contributed by atoms with E-state index in [1.807, 2.05) is 42.3 Å². The Bertz CT molecular complexity index is 672. The molecule has 1 aliphatic heterocycles. The van der Waals surface area contributed by atoms with Crippen LogP contribution in [-0.2, 0) is 13.0 Å². The van der Waals surface area contributed by atoms with Gasteiger partial charge in [0.15, 0.2) is 0 Å². The van der Waals surface area contributed by atoms with Crippen LogP contribution in [0.1, 0.15) is 27.4 Å². The molecule has 0 N–H and O–H groups in total. The first-order valence-corrected chi connectivity index (χ1v) is 7.29. The Morgan fingerprint density at radius 3 is 2.95 bits per heavy atom. The van der Waals surface area contributed by atoms with Crippen molar-refractivity contribution >= 4 is 21.8 Å². The molecule has 0 atom stereocenters.